The van der Waals surface area contributed by atoms with E-state index >= 15 is 0 Å². The first kappa shape index (κ1) is 15.5. The van der Waals surface area contributed by atoms with Crippen molar-refractivity contribution in [2.24, 2.45) is 5.41 Å². The van der Waals surface area contributed by atoms with Gasteiger partial charge in [-0.15, -0.1) is 11.8 Å². The fourth-order valence-electron chi connectivity index (χ4n) is 1.81. The summed E-state index contributed by atoms with van der Waals surface area (Å²) in [6, 6.07) is 10.4. The average Bonchev–Trinajstić information content (AvgIpc) is 2.27. The molecule has 0 amide bonds. The summed E-state index contributed by atoms with van der Waals surface area (Å²) in [6.07, 6.45) is 0.595. The molecule has 2 N–H and O–H groups in total. The molecule has 0 bridgehead atoms. The number of thioether (sulfide) groups is 1. The molecule has 1 aromatic rings. The van der Waals surface area contributed by atoms with Crippen molar-refractivity contribution in [3.8, 4) is 0 Å². The third-order valence-corrected chi connectivity index (χ3v) is 3.53. The predicted molar refractivity (Wildman–Crippen MR) is 80.1 cm³/mol. The van der Waals surface area contributed by atoms with Gasteiger partial charge in [-0.3, -0.25) is 0 Å². The van der Waals surface area contributed by atoms with Gasteiger partial charge < -0.3 is 10.4 Å². The second kappa shape index (κ2) is 7.82. The van der Waals surface area contributed by atoms with Crippen LogP contribution in [0.25, 0.3) is 0 Å². The average molecular weight is 267 g/mol. The molecule has 0 aliphatic rings. The van der Waals surface area contributed by atoms with Crippen molar-refractivity contribution >= 4 is 11.8 Å². The van der Waals surface area contributed by atoms with Crippen LogP contribution in [0.4, 0.5) is 0 Å². The summed E-state index contributed by atoms with van der Waals surface area (Å²) in [5, 5.41) is 13.1. The summed E-state index contributed by atoms with van der Waals surface area (Å²) in [6.45, 7) is 8.08. The maximum Gasteiger partial charge on any atom is 0.0669 e. The van der Waals surface area contributed by atoms with Crippen LogP contribution in [0.2, 0.25) is 0 Å². The molecule has 18 heavy (non-hydrogen) atoms. The first-order valence-electron chi connectivity index (χ1n) is 6.54. The Labute approximate surface area is 115 Å². The van der Waals surface area contributed by atoms with Gasteiger partial charge in [0, 0.05) is 23.7 Å². The lowest BCUT2D eigenvalue weighted by atomic mass is 9.89. The van der Waals surface area contributed by atoms with Crippen LogP contribution in [0.1, 0.15) is 27.2 Å². The van der Waals surface area contributed by atoms with Crippen LogP contribution < -0.4 is 5.32 Å². The van der Waals surface area contributed by atoms with Crippen LogP contribution in [-0.4, -0.2) is 30.1 Å². The van der Waals surface area contributed by atoms with Gasteiger partial charge in [0.1, 0.15) is 0 Å². The molecule has 3 heteroatoms. The van der Waals surface area contributed by atoms with Gasteiger partial charge >= 0.3 is 0 Å². The van der Waals surface area contributed by atoms with Crippen molar-refractivity contribution in [1.29, 1.82) is 0 Å². The SMILES string of the molecule is CC(C)(C)CC(O)CNCCSc1ccccc1. The normalized spacial score (nSPS) is 13.6. The highest BCUT2D eigenvalue weighted by Gasteiger charge is 2.15. The zero-order valence-corrected chi connectivity index (χ0v) is 12.5. The third kappa shape index (κ3) is 7.75. The fourth-order valence-corrected chi connectivity index (χ4v) is 2.64. The molecule has 1 aromatic carbocycles. The lowest BCUT2D eigenvalue weighted by molar-refractivity contribution is 0.120. The summed E-state index contributed by atoms with van der Waals surface area (Å²) in [4.78, 5) is 1.30. The summed E-state index contributed by atoms with van der Waals surface area (Å²) >= 11 is 1.84. The second-order valence-corrected chi connectivity index (χ2v) is 6.95. The van der Waals surface area contributed by atoms with Crippen LogP contribution in [0, 0.1) is 5.41 Å². The van der Waals surface area contributed by atoms with E-state index in [1.54, 1.807) is 0 Å². The molecule has 0 fully saturated rings. The van der Waals surface area contributed by atoms with Crippen molar-refractivity contribution in [2.45, 2.75) is 38.2 Å². The van der Waals surface area contributed by atoms with Crippen LogP contribution in [0.3, 0.4) is 0 Å². The van der Waals surface area contributed by atoms with E-state index in [1.165, 1.54) is 4.90 Å². The molecule has 0 spiro atoms. The van der Waals surface area contributed by atoms with Crippen molar-refractivity contribution in [1.82, 2.24) is 5.32 Å². The van der Waals surface area contributed by atoms with E-state index < -0.39 is 0 Å². The number of rotatable bonds is 7. The number of hydrogen-bond acceptors (Lipinski definition) is 3. The molecule has 1 rings (SSSR count). The van der Waals surface area contributed by atoms with Crippen molar-refractivity contribution in [3.63, 3.8) is 0 Å². The van der Waals surface area contributed by atoms with Gasteiger partial charge in [0.25, 0.3) is 0 Å². The minimum Gasteiger partial charge on any atom is -0.392 e. The van der Waals surface area contributed by atoms with Crippen molar-refractivity contribution in [2.75, 3.05) is 18.8 Å². The van der Waals surface area contributed by atoms with Gasteiger partial charge in [-0.2, -0.15) is 0 Å². The zero-order chi connectivity index (χ0) is 13.4. The Morgan fingerprint density at radius 2 is 1.89 bits per heavy atom. The molecular formula is C15H25NOS. The quantitative estimate of drug-likeness (QED) is 0.588. The van der Waals surface area contributed by atoms with Crippen LogP contribution in [0.15, 0.2) is 35.2 Å². The molecule has 0 aromatic heterocycles. The Morgan fingerprint density at radius 3 is 2.50 bits per heavy atom. The fraction of sp³-hybridized carbons (Fsp3) is 0.600. The van der Waals surface area contributed by atoms with E-state index in [4.69, 9.17) is 0 Å². The molecule has 2 nitrogen and oxygen atoms in total. The monoisotopic (exact) mass is 267 g/mol. The molecule has 102 valence electrons. The Hall–Kier alpha value is -0.510. The minimum atomic E-state index is -0.244. The third-order valence-electron chi connectivity index (χ3n) is 2.52. The van der Waals surface area contributed by atoms with E-state index in [1.807, 2.05) is 17.8 Å². The van der Waals surface area contributed by atoms with Crippen LogP contribution in [0.5, 0.6) is 0 Å². The molecule has 0 aliphatic heterocycles. The molecule has 0 aliphatic carbocycles. The number of aliphatic hydroxyl groups is 1. The maximum absolute atomic E-state index is 9.83. The van der Waals surface area contributed by atoms with Crippen LogP contribution in [-0.2, 0) is 0 Å². The van der Waals surface area contributed by atoms with E-state index in [2.05, 4.69) is 50.4 Å². The molecule has 0 saturated carbocycles. The summed E-state index contributed by atoms with van der Waals surface area (Å²) in [5.74, 6) is 1.03. The summed E-state index contributed by atoms with van der Waals surface area (Å²) in [5.41, 5.74) is 0.194. The largest absolute Gasteiger partial charge is 0.392 e. The molecule has 1 atom stereocenters. The Morgan fingerprint density at radius 1 is 1.22 bits per heavy atom. The van der Waals surface area contributed by atoms with Crippen molar-refractivity contribution < 1.29 is 5.11 Å². The molecule has 1 unspecified atom stereocenters. The van der Waals surface area contributed by atoms with Gasteiger partial charge in [-0.05, 0) is 24.0 Å². The van der Waals surface area contributed by atoms with E-state index in [0.29, 0.717) is 6.54 Å². The molecule has 0 radical (unpaired) electrons. The molecular weight excluding hydrogens is 242 g/mol. The van der Waals surface area contributed by atoms with Crippen LogP contribution >= 0.6 is 11.8 Å². The number of hydrogen-bond donors (Lipinski definition) is 2. The van der Waals surface area contributed by atoms with Crippen molar-refractivity contribution in [3.05, 3.63) is 30.3 Å². The standard InChI is InChI=1S/C15H25NOS/c1-15(2,3)11-13(17)12-16-9-10-18-14-7-5-4-6-8-14/h4-8,13,16-17H,9-12H2,1-3H3. The van der Waals surface area contributed by atoms with Gasteiger partial charge in [0.05, 0.1) is 6.10 Å². The smallest absolute Gasteiger partial charge is 0.0669 e. The highest BCUT2D eigenvalue weighted by molar-refractivity contribution is 7.99. The predicted octanol–water partition coefficient (Wildman–Crippen LogP) is 3.17. The van der Waals surface area contributed by atoms with Gasteiger partial charge in [-0.25, -0.2) is 0 Å². The Kier molecular flexibility index (Phi) is 6.76. The van der Waals surface area contributed by atoms with Gasteiger partial charge in [-0.1, -0.05) is 39.0 Å². The maximum atomic E-state index is 9.83. The van der Waals surface area contributed by atoms with E-state index in [9.17, 15) is 5.11 Å². The number of nitrogens with one attached hydrogen (secondary N) is 1. The first-order valence-corrected chi connectivity index (χ1v) is 7.52. The van der Waals surface area contributed by atoms with E-state index in [-0.39, 0.29) is 11.5 Å². The molecule has 0 heterocycles. The summed E-state index contributed by atoms with van der Waals surface area (Å²) in [7, 11) is 0. The minimum absolute atomic E-state index is 0.194. The zero-order valence-electron chi connectivity index (χ0n) is 11.6. The van der Waals surface area contributed by atoms with Gasteiger partial charge in [0.2, 0.25) is 0 Å². The highest BCUT2D eigenvalue weighted by Crippen LogP contribution is 2.20. The first-order chi connectivity index (χ1) is 8.47. The Bertz CT molecular complexity index is 321. The lowest BCUT2D eigenvalue weighted by Crippen LogP contribution is -2.31. The topological polar surface area (TPSA) is 32.3 Å². The Balaban J connectivity index is 2.05. The highest BCUT2D eigenvalue weighted by atomic mass is 32.2. The second-order valence-electron chi connectivity index (χ2n) is 5.78. The summed E-state index contributed by atoms with van der Waals surface area (Å²) < 4.78 is 0. The molecule has 0 saturated heterocycles. The number of aliphatic hydroxyl groups excluding tert-OH is 1. The number of benzene rings is 1. The lowest BCUT2D eigenvalue weighted by Gasteiger charge is -2.22. The van der Waals surface area contributed by atoms with Gasteiger partial charge in [0.15, 0.2) is 0 Å². The van der Waals surface area contributed by atoms with E-state index in [0.717, 1.165) is 18.7 Å².